The van der Waals surface area contributed by atoms with Gasteiger partial charge in [-0.3, -0.25) is 4.79 Å². The molecule has 1 heterocycles. The van der Waals surface area contributed by atoms with Crippen molar-refractivity contribution in [2.75, 3.05) is 16.8 Å². The Balaban J connectivity index is 2.25. The van der Waals surface area contributed by atoms with E-state index in [2.05, 4.69) is 28.2 Å². The average Bonchev–Trinajstić information content (AvgIpc) is 2.37. The van der Waals surface area contributed by atoms with Gasteiger partial charge in [-0.1, -0.05) is 22.9 Å². The van der Waals surface area contributed by atoms with E-state index in [1.54, 1.807) is 0 Å². The van der Waals surface area contributed by atoms with Gasteiger partial charge in [-0.2, -0.15) is 11.8 Å². The Labute approximate surface area is 86.0 Å². The number of nitrogens with one attached hydrogen (secondary N) is 1. The minimum atomic E-state index is 0.172. The summed E-state index contributed by atoms with van der Waals surface area (Å²) in [6.07, 6.45) is 0.591. The minimum Gasteiger partial charge on any atom is -0.352 e. The number of alkyl halides is 1. The Hall–Kier alpha value is 0.300. The van der Waals surface area contributed by atoms with Crippen molar-refractivity contribution in [3.63, 3.8) is 0 Å². The lowest BCUT2D eigenvalue weighted by Gasteiger charge is -2.15. The number of hydrogen-bond acceptors (Lipinski definition) is 2. The molecule has 4 heteroatoms. The van der Waals surface area contributed by atoms with Gasteiger partial charge < -0.3 is 5.32 Å². The summed E-state index contributed by atoms with van der Waals surface area (Å²) < 4.78 is 0. The van der Waals surface area contributed by atoms with Gasteiger partial charge in [0, 0.05) is 23.5 Å². The lowest BCUT2D eigenvalue weighted by atomic mass is 10.1. The predicted octanol–water partition coefficient (Wildman–Crippen LogP) is 1.64. The van der Waals surface area contributed by atoms with Crippen LogP contribution in [0.2, 0.25) is 0 Å². The van der Waals surface area contributed by atoms with Crippen molar-refractivity contribution in [1.82, 2.24) is 5.32 Å². The Morgan fingerprint density at radius 2 is 2.42 bits per heavy atom. The zero-order valence-corrected chi connectivity index (χ0v) is 9.58. The SMILES string of the molecule is CC1CSCC1NC(=O)CCBr. The molecule has 0 bridgehead atoms. The van der Waals surface area contributed by atoms with Crippen molar-refractivity contribution < 1.29 is 4.79 Å². The number of hydrogen-bond donors (Lipinski definition) is 1. The van der Waals surface area contributed by atoms with Crippen molar-refractivity contribution in [3.8, 4) is 0 Å². The Bertz CT molecular complexity index is 165. The van der Waals surface area contributed by atoms with E-state index < -0.39 is 0 Å². The second kappa shape index (κ2) is 5.12. The third kappa shape index (κ3) is 2.98. The third-order valence-electron chi connectivity index (χ3n) is 2.03. The summed E-state index contributed by atoms with van der Waals surface area (Å²) in [7, 11) is 0. The van der Waals surface area contributed by atoms with Gasteiger partial charge in [0.05, 0.1) is 0 Å². The highest BCUT2D eigenvalue weighted by Gasteiger charge is 2.24. The van der Waals surface area contributed by atoms with E-state index in [0.29, 0.717) is 18.4 Å². The summed E-state index contributed by atoms with van der Waals surface area (Å²) in [6.45, 7) is 2.19. The molecule has 12 heavy (non-hydrogen) atoms. The molecule has 1 rings (SSSR count). The lowest BCUT2D eigenvalue weighted by Crippen LogP contribution is -2.38. The maximum Gasteiger partial charge on any atom is 0.221 e. The molecular weight excluding hydrogens is 238 g/mol. The molecule has 2 unspecified atom stereocenters. The van der Waals surface area contributed by atoms with E-state index >= 15 is 0 Å². The van der Waals surface area contributed by atoms with Crippen LogP contribution < -0.4 is 5.32 Å². The van der Waals surface area contributed by atoms with Crippen LogP contribution in [0.5, 0.6) is 0 Å². The number of thioether (sulfide) groups is 1. The Morgan fingerprint density at radius 3 is 2.92 bits per heavy atom. The number of halogens is 1. The summed E-state index contributed by atoms with van der Waals surface area (Å²) in [6, 6.07) is 0.404. The van der Waals surface area contributed by atoms with E-state index in [0.717, 1.165) is 11.1 Å². The van der Waals surface area contributed by atoms with Crippen LogP contribution in [-0.4, -0.2) is 28.8 Å². The normalized spacial score (nSPS) is 28.8. The van der Waals surface area contributed by atoms with E-state index in [4.69, 9.17) is 0 Å². The maximum absolute atomic E-state index is 11.2. The van der Waals surface area contributed by atoms with E-state index in [1.165, 1.54) is 5.75 Å². The second-order valence-electron chi connectivity index (χ2n) is 3.13. The molecule has 2 nitrogen and oxygen atoms in total. The summed E-state index contributed by atoms with van der Waals surface area (Å²) in [4.78, 5) is 11.2. The van der Waals surface area contributed by atoms with Crippen molar-refractivity contribution in [3.05, 3.63) is 0 Å². The van der Waals surface area contributed by atoms with Gasteiger partial charge >= 0.3 is 0 Å². The average molecular weight is 252 g/mol. The Morgan fingerprint density at radius 1 is 1.67 bits per heavy atom. The molecule has 1 fully saturated rings. The van der Waals surface area contributed by atoms with Crippen molar-refractivity contribution in [1.29, 1.82) is 0 Å². The standard InChI is InChI=1S/C8H14BrNOS/c1-6-4-12-5-7(6)10-8(11)2-3-9/h6-7H,2-5H2,1H3,(H,10,11). The van der Waals surface area contributed by atoms with Crippen LogP contribution in [0.3, 0.4) is 0 Å². The molecule has 0 spiro atoms. The van der Waals surface area contributed by atoms with Crippen molar-refractivity contribution >= 4 is 33.6 Å². The first-order valence-corrected chi connectivity index (χ1v) is 6.44. The molecule has 0 aliphatic carbocycles. The molecule has 0 aromatic rings. The van der Waals surface area contributed by atoms with Crippen LogP contribution >= 0.6 is 27.7 Å². The molecule has 1 amide bonds. The van der Waals surface area contributed by atoms with Crippen LogP contribution in [-0.2, 0) is 4.79 Å². The first kappa shape index (κ1) is 10.4. The molecule has 2 atom stereocenters. The van der Waals surface area contributed by atoms with Crippen molar-refractivity contribution in [2.45, 2.75) is 19.4 Å². The minimum absolute atomic E-state index is 0.172. The zero-order chi connectivity index (χ0) is 8.97. The van der Waals surface area contributed by atoms with Gasteiger partial charge in [0.15, 0.2) is 0 Å². The summed E-state index contributed by atoms with van der Waals surface area (Å²) in [5.41, 5.74) is 0. The van der Waals surface area contributed by atoms with E-state index in [1.807, 2.05) is 11.8 Å². The summed E-state index contributed by atoms with van der Waals surface area (Å²) >= 11 is 5.17. The van der Waals surface area contributed by atoms with Gasteiger partial charge in [0.2, 0.25) is 5.91 Å². The number of rotatable bonds is 3. The van der Waals surface area contributed by atoms with Crippen LogP contribution in [0.15, 0.2) is 0 Å². The predicted molar refractivity (Wildman–Crippen MR) is 56.8 cm³/mol. The zero-order valence-electron chi connectivity index (χ0n) is 7.18. The number of amides is 1. The first-order chi connectivity index (χ1) is 5.74. The molecular formula is C8H14BrNOS. The largest absolute Gasteiger partial charge is 0.352 e. The molecule has 1 aliphatic heterocycles. The first-order valence-electron chi connectivity index (χ1n) is 4.17. The van der Waals surface area contributed by atoms with Gasteiger partial charge in [0.25, 0.3) is 0 Å². The molecule has 70 valence electrons. The highest BCUT2D eigenvalue weighted by molar-refractivity contribution is 9.09. The molecule has 0 aromatic heterocycles. The number of carbonyl (C=O) groups is 1. The van der Waals surface area contributed by atoms with Gasteiger partial charge in [0.1, 0.15) is 0 Å². The Kier molecular flexibility index (Phi) is 4.43. The highest BCUT2D eigenvalue weighted by atomic mass is 79.9. The molecule has 0 aromatic carbocycles. The smallest absolute Gasteiger partial charge is 0.221 e. The molecule has 1 saturated heterocycles. The summed E-state index contributed by atoms with van der Waals surface area (Å²) in [5, 5.41) is 3.80. The highest BCUT2D eigenvalue weighted by Crippen LogP contribution is 2.23. The second-order valence-corrected chi connectivity index (χ2v) is 5.00. The van der Waals surface area contributed by atoms with Crippen LogP contribution in [0.1, 0.15) is 13.3 Å². The van der Waals surface area contributed by atoms with Gasteiger partial charge in [-0.05, 0) is 11.7 Å². The van der Waals surface area contributed by atoms with Crippen LogP contribution in [0, 0.1) is 5.92 Å². The topological polar surface area (TPSA) is 29.1 Å². The van der Waals surface area contributed by atoms with Gasteiger partial charge in [-0.25, -0.2) is 0 Å². The maximum atomic E-state index is 11.2. The van der Waals surface area contributed by atoms with E-state index in [-0.39, 0.29) is 5.91 Å². The van der Waals surface area contributed by atoms with Crippen molar-refractivity contribution in [2.24, 2.45) is 5.92 Å². The molecule has 1 N–H and O–H groups in total. The van der Waals surface area contributed by atoms with Crippen LogP contribution in [0.4, 0.5) is 0 Å². The quantitative estimate of drug-likeness (QED) is 0.774. The van der Waals surface area contributed by atoms with E-state index in [9.17, 15) is 4.79 Å². The lowest BCUT2D eigenvalue weighted by molar-refractivity contribution is -0.121. The fraction of sp³-hybridized carbons (Fsp3) is 0.875. The van der Waals surface area contributed by atoms with Gasteiger partial charge in [-0.15, -0.1) is 0 Å². The number of carbonyl (C=O) groups excluding carboxylic acids is 1. The molecule has 0 radical (unpaired) electrons. The summed E-state index contributed by atoms with van der Waals surface area (Å²) in [5.74, 6) is 3.06. The fourth-order valence-electron chi connectivity index (χ4n) is 1.21. The fourth-order valence-corrected chi connectivity index (χ4v) is 2.98. The molecule has 1 aliphatic rings. The molecule has 0 saturated carbocycles. The third-order valence-corrected chi connectivity index (χ3v) is 3.79. The monoisotopic (exact) mass is 251 g/mol. The van der Waals surface area contributed by atoms with Crippen LogP contribution in [0.25, 0.3) is 0 Å².